The molecule has 0 saturated carbocycles. The minimum absolute atomic E-state index is 0. The molecule has 7 heavy (non-hydrogen) atoms. The van der Waals surface area contributed by atoms with Gasteiger partial charge in [-0.1, -0.05) is 0 Å². The van der Waals surface area contributed by atoms with E-state index < -0.39 is 10.4 Å². The molecule has 0 saturated heterocycles. The van der Waals surface area contributed by atoms with Crippen LogP contribution in [0.25, 0.3) is 0 Å². The predicted octanol–water partition coefficient (Wildman–Crippen LogP) is -1.70. The van der Waals surface area contributed by atoms with Crippen molar-refractivity contribution in [3.8, 4) is 0 Å². The molecule has 41 valence electrons. The number of nitrogens with two attached hydrogens (primary N) is 1. The Balaban J connectivity index is 0. The van der Waals surface area contributed by atoms with Gasteiger partial charge in [0.25, 0.3) is 0 Å². The van der Waals surface area contributed by atoms with Crippen molar-refractivity contribution in [2.45, 2.75) is 0 Å². The second-order valence-corrected chi connectivity index (χ2v) is 1.57. The lowest BCUT2D eigenvalue weighted by molar-refractivity contribution is 0.277. The highest BCUT2D eigenvalue weighted by atomic mass is 32.3. The first-order chi connectivity index (χ1) is 2.56. The smallest absolute Gasteiger partial charge is 0.262 e. The molecule has 3 radical (unpaired) electrons. The first kappa shape index (κ1) is 10.00. The van der Waals surface area contributed by atoms with Gasteiger partial charge in [-0.3, -0.25) is 4.55 Å². The van der Waals surface area contributed by atoms with E-state index in [1.165, 1.54) is 0 Å². The van der Waals surface area contributed by atoms with E-state index >= 15 is 0 Å². The van der Waals surface area contributed by atoms with Crippen molar-refractivity contribution in [2.75, 3.05) is 0 Å². The normalized spacial score (nSPS) is 10.0. The molecule has 0 aliphatic carbocycles. The van der Waals surface area contributed by atoms with Crippen molar-refractivity contribution in [3.05, 3.63) is 0 Å². The third-order valence-corrected chi connectivity index (χ3v) is 0.365. The molecule has 0 heterocycles. The summed E-state index contributed by atoms with van der Waals surface area (Å²) in [6, 6.07) is 0. The van der Waals surface area contributed by atoms with E-state index in [0.717, 1.165) is 0 Å². The van der Waals surface area contributed by atoms with Crippen LogP contribution >= 0.6 is 0 Å². The maximum absolute atomic E-state index is 9.21. The average Bonchev–Trinajstić information content (AvgIpc) is 1.35. The molecule has 0 bridgehead atoms. The highest BCUT2D eigenvalue weighted by molar-refractivity contribution is 7.80. The fourth-order valence-corrected chi connectivity index (χ4v) is 0. The molecule has 0 rings (SSSR count). The van der Waals surface area contributed by atoms with Gasteiger partial charge in [-0.05, 0) is 0 Å². The maximum Gasteiger partial charge on any atom is 0.413 e. The summed E-state index contributed by atoms with van der Waals surface area (Å²) in [5.41, 5.74) is 0. The maximum atomic E-state index is 9.21. The summed E-state index contributed by atoms with van der Waals surface area (Å²) in [7, 11) is -4.38. The summed E-state index contributed by atoms with van der Waals surface area (Å²) in [5, 5.41) is 0. The fraction of sp³-hybridized carbons (Fsp3) is 0. The summed E-state index contributed by atoms with van der Waals surface area (Å²) in [5.74, 6) is 3.97. The predicted molar refractivity (Wildman–Crippen MR) is 22.6 cm³/mol. The molecule has 0 aromatic rings. The standard InChI is InChI=1S/B.H3NO4S/c;1-5-6(2,3)4/h;1H2,(H,2,3,4). The zero-order valence-electron chi connectivity index (χ0n) is 3.23. The van der Waals surface area contributed by atoms with Crippen molar-refractivity contribution in [2.24, 2.45) is 5.90 Å². The molecule has 0 aliphatic heterocycles. The van der Waals surface area contributed by atoms with Gasteiger partial charge in [-0.15, -0.1) is 0 Å². The Morgan fingerprint density at radius 1 is 1.57 bits per heavy atom. The molecule has 0 atom stereocenters. The lowest BCUT2D eigenvalue weighted by Gasteiger charge is -1.81. The Morgan fingerprint density at radius 3 is 1.71 bits per heavy atom. The van der Waals surface area contributed by atoms with Crippen LogP contribution in [0, 0.1) is 0 Å². The highest BCUT2D eigenvalue weighted by Crippen LogP contribution is 1.70. The van der Waals surface area contributed by atoms with E-state index in [9.17, 15) is 8.42 Å². The van der Waals surface area contributed by atoms with Crippen LogP contribution in [0.3, 0.4) is 0 Å². The number of rotatable bonds is 1. The molecule has 7 heteroatoms. The largest absolute Gasteiger partial charge is 0.413 e. The lowest BCUT2D eigenvalue weighted by atomic mass is 10.8. The molecular weight excluding hydrogens is 121 g/mol. The van der Waals surface area contributed by atoms with Crippen LogP contribution in [0.5, 0.6) is 0 Å². The number of hydrogen-bond donors (Lipinski definition) is 2. The van der Waals surface area contributed by atoms with E-state index in [1.54, 1.807) is 0 Å². The van der Waals surface area contributed by atoms with Crippen molar-refractivity contribution in [3.63, 3.8) is 0 Å². The van der Waals surface area contributed by atoms with E-state index in [1.807, 2.05) is 0 Å². The first-order valence-electron chi connectivity index (χ1n) is 0.918. The number of hydrogen-bond acceptors (Lipinski definition) is 4. The third kappa shape index (κ3) is 10.7. The molecule has 0 aromatic carbocycles. The van der Waals surface area contributed by atoms with Gasteiger partial charge < -0.3 is 0 Å². The molecule has 0 unspecified atom stereocenters. The Kier molecular flexibility index (Phi) is 4.24. The van der Waals surface area contributed by atoms with Crippen molar-refractivity contribution >= 4 is 18.8 Å². The monoisotopic (exact) mass is 124 g/mol. The molecule has 3 N–H and O–H groups in total. The van der Waals surface area contributed by atoms with Gasteiger partial charge in [0.2, 0.25) is 0 Å². The SMILES string of the molecule is NOS(=O)(=O)O.[B]. The minimum Gasteiger partial charge on any atom is -0.262 e. The molecule has 0 aromatic heterocycles. The molecule has 0 amide bonds. The van der Waals surface area contributed by atoms with Crippen LogP contribution in [0.2, 0.25) is 0 Å². The summed E-state index contributed by atoms with van der Waals surface area (Å²) in [4.78, 5) is 0. The van der Waals surface area contributed by atoms with Crippen LogP contribution in [-0.4, -0.2) is 21.4 Å². The molecular formula is H3BNO4S. The van der Waals surface area contributed by atoms with Crippen LogP contribution in [0.4, 0.5) is 0 Å². The Morgan fingerprint density at radius 2 is 1.71 bits per heavy atom. The van der Waals surface area contributed by atoms with Crippen molar-refractivity contribution in [1.29, 1.82) is 0 Å². The van der Waals surface area contributed by atoms with E-state index in [0.29, 0.717) is 0 Å². The van der Waals surface area contributed by atoms with Gasteiger partial charge in [-0.25, -0.2) is 0 Å². The highest BCUT2D eigenvalue weighted by Gasteiger charge is 1.95. The van der Waals surface area contributed by atoms with Gasteiger partial charge >= 0.3 is 10.4 Å². The zero-order chi connectivity index (χ0) is 5.21. The Bertz CT molecular complexity index is 114. The summed E-state index contributed by atoms with van der Waals surface area (Å²) in [6.07, 6.45) is 0. The Hall–Kier alpha value is -0.105. The van der Waals surface area contributed by atoms with Crippen LogP contribution in [0.1, 0.15) is 0 Å². The molecule has 0 aliphatic rings. The lowest BCUT2D eigenvalue weighted by Crippen LogP contribution is -2.08. The van der Waals surface area contributed by atoms with E-state index in [-0.39, 0.29) is 8.41 Å². The second-order valence-electron chi connectivity index (χ2n) is 0.524. The van der Waals surface area contributed by atoms with Crippen LogP contribution in [0.15, 0.2) is 0 Å². The van der Waals surface area contributed by atoms with Crippen LogP contribution in [-0.2, 0) is 14.7 Å². The Labute approximate surface area is 42.9 Å². The van der Waals surface area contributed by atoms with Gasteiger partial charge in [0.15, 0.2) is 0 Å². The fourth-order valence-electron chi connectivity index (χ4n) is 0. The average molecular weight is 124 g/mol. The summed E-state index contributed by atoms with van der Waals surface area (Å²) in [6.45, 7) is 0. The topological polar surface area (TPSA) is 89.6 Å². The quantitative estimate of drug-likeness (QED) is 0.247. The third-order valence-electron chi connectivity index (χ3n) is 0.122. The van der Waals surface area contributed by atoms with Gasteiger partial charge in [0.1, 0.15) is 0 Å². The van der Waals surface area contributed by atoms with E-state index in [4.69, 9.17) is 4.55 Å². The molecule has 5 nitrogen and oxygen atoms in total. The first-order valence-corrected chi connectivity index (χ1v) is 2.28. The van der Waals surface area contributed by atoms with E-state index in [2.05, 4.69) is 10.2 Å². The van der Waals surface area contributed by atoms with Gasteiger partial charge in [0.05, 0.1) is 0 Å². The molecule has 0 spiro atoms. The zero-order valence-corrected chi connectivity index (χ0v) is 4.05. The van der Waals surface area contributed by atoms with Crippen molar-refractivity contribution < 1.29 is 17.3 Å². The van der Waals surface area contributed by atoms with Crippen LogP contribution < -0.4 is 5.90 Å². The van der Waals surface area contributed by atoms with Crippen molar-refractivity contribution in [1.82, 2.24) is 0 Å². The second kappa shape index (κ2) is 2.97. The van der Waals surface area contributed by atoms with Gasteiger partial charge in [-0.2, -0.15) is 18.6 Å². The summed E-state index contributed by atoms with van der Waals surface area (Å²) < 4.78 is 28.8. The molecule has 0 fully saturated rings. The minimum atomic E-state index is -4.38. The summed E-state index contributed by atoms with van der Waals surface area (Å²) >= 11 is 0. The van der Waals surface area contributed by atoms with Gasteiger partial charge in [0, 0.05) is 8.41 Å².